The molecule has 1 aromatic rings. The number of rotatable bonds is 3. The first-order valence-corrected chi connectivity index (χ1v) is 6.92. The summed E-state index contributed by atoms with van der Waals surface area (Å²) in [6, 6.07) is 0.503. The van der Waals surface area contributed by atoms with Gasteiger partial charge in [-0.15, -0.1) is 0 Å². The maximum Gasteiger partial charge on any atom is 0.232 e. The maximum atomic E-state index is 5.16. The highest BCUT2D eigenvalue weighted by molar-refractivity contribution is 9.10. The Kier molecular flexibility index (Phi) is 4.59. The Morgan fingerprint density at radius 3 is 2.65 bits per heavy atom. The van der Waals surface area contributed by atoms with E-state index < -0.39 is 0 Å². The number of methoxy groups -OCH3 is 1. The summed E-state index contributed by atoms with van der Waals surface area (Å²) in [4.78, 5) is 8.59. The van der Waals surface area contributed by atoms with Crippen LogP contribution in [-0.2, 0) is 0 Å². The van der Waals surface area contributed by atoms with Crippen LogP contribution in [0.2, 0.25) is 0 Å². The van der Waals surface area contributed by atoms with Crippen molar-refractivity contribution in [3.63, 3.8) is 0 Å². The van der Waals surface area contributed by atoms with E-state index in [0.717, 1.165) is 4.47 Å². The molecular weight excluding hydrogens is 282 g/mol. The van der Waals surface area contributed by atoms with Crippen molar-refractivity contribution in [1.82, 2.24) is 9.97 Å². The lowest BCUT2D eigenvalue weighted by molar-refractivity contribution is 0.394. The van der Waals surface area contributed by atoms with E-state index in [9.17, 15) is 0 Å². The summed E-state index contributed by atoms with van der Waals surface area (Å²) in [5, 5.41) is 3.40. The van der Waals surface area contributed by atoms with Gasteiger partial charge in [0, 0.05) is 6.04 Å². The fraction of sp³-hybridized carbons (Fsp3) is 0.667. The van der Waals surface area contributed by atoms with Crippen LogP contribution in [-0.4, -0.2) is 23.1 Å². The topological polar surface area (TPSA) is 47.0 Å². The van der Waals surface area contributed by atoms with Gasteiger partial charge in [0.05, 0.1) is 17.8 Å². The lowest BCUT2D eigenvalue weighted by Gasteiger charge is -2.16. The average Bonchev–Trinajstić information content (AvgIpc) is 2.60. The molecule has 1 aromatic heterocycles. The highest BCUT2D eigenvalue weighted by Crippen LogP contribution is 2.24. The molecule has 4 nitrogen and oxygen atoms in total. The zero-order chi connectivity index (χ0) is 12.1. The molecule has 1 fully saturated rings. The van der Waals surface area contributed by atoms with Gasteiger partial charge in [-0.05, 0) is 28.8 Å². The van der Waals surface area contributed by atoms with Crippen LogP contribution in [0.5, 0.6) is 5.88 Å². The molecule has 0 aromatic carbocycles. The number of ether oxygens (including phenoxy) is 1. The Morgan fingerprint density at radius 1 is 1.29 bits per heavy atom. The van der Waals surface area contributed by atoms with Crippen molar-refractivity contribution in [1.29, 1.82) is 0 Å². The van der Waals surface area contributed by atoms with Crippen LogP contribution in [0.15, 0.2) is 10.7 Å². The van der Waals surface area contributed by atoms with Crippen molar-refractivity contribution in [2.75, 3.05) is 12.4 Å². The Morgan fingerprint density at radius 2 is 2.00 bits per heavy atom. The van der Waals surface area contributed by atoms with Gasteiger partial charge in [0.1, 0.15) is 0 Å². The van der Waals surface area contributed by atoms with E-state index in [2.05, 4.69) is 31.2 Å². The monoisotopic (exact) mass is 299 g/mol. The molecule has 0 radical (unpaired) electrons. The van der Waals surface area contributed by atoms with Gasteiger partial charge in [-0.2, -0.15) is 4.98 Å². The van der Waals surface area contributed by atoms with Crippen LogP contribution in [0.3, 0.4) is 0 Å². The first kappa shape index (κ1) is 12.6. The normalized spacial score (nSPS) is 17.5. The quantitative estimate of drug-likeness (QED) is 0.869. The van der Waals surface area contributed by atoms with Gasteiger partial charge in [0.2, 0.25) is 11.8 Å². The van der Waals surface area contributed by atoms with Crippen LogP contribution in [0.4, 0.5) is 5.95 Å². The number of nitrogens with zero attached hydrogens (tertiary/aromatic N) is 2. The molecule has 94 valence electrons. The van der Waals surface area contributed by atoms with Crippen LogP contribution < -0.4 is 10.1 Å². The SMILES string of the molecule is COc1nc(NC2CCCCCC2)ncc1Br. The lowest BCUT2D eigenvalue weighted by atomic mass is 10.1. The molecule has 2 rings (SSSR count). The number of halogens is 1. The van der Waals surface area contributed by atoms with Crippen molar-refractivity contribution in [2.45, 2.75) is 44.6 Å². The standard InChI is InChI=1S/C12H18BrN3O/c1-17-11-10(13)8-14-12(16-11)15-9-6-4-2-3-5-7-9/h8-9H,2-7H2,1H3,(H,14,15,16). The third-order valence-electron chi connectivity index (χ3n) is 3.09. The molecule has 0 aliphatic heterocycles. The van der Waals surface area contributed by atoms with Crippen molar-refractivity contribution >= 4 is 21.9 Å². The maximum absolute atomic E-state index is 5.16. The van der Waals surface area contributed by atoms with Crippen molar-refractivity contribution < 1.29 is 4.74 Å². The molecule has 0 amide bonds. The molecule has 1 N–H and O–H groups in total. The molecule has 0 unspecified atom stereocenters. The van der Waals surface area contributed by atoms with Crippen molar-refractivity contribution in [2.24, 2.45) is 0 Å². The van der Waals surface area contributed by atoms with Crippen molar-refractivity contribution in [3.8, 4) is 5.88 Å². The van der Waals surface area contributed by atoms with Gasteiger partial charge in [-0.3, -0.25) is 0 Å². The van der Waals surface area contributed by atoms with Crippen LogP contribution in [0, 0.1) is 0 Å². The Bertz CT molecular complexity index is 365. The van der Waals surface area contributed by atoms with Crippen LogP contribution >= 0.6 is 15.9 Å². The molecular formula is C12H18BrN3O. The molecule has 0 spiro atoms. The predicted molar refractivity (Wildman–Crippen MR) is 71.4 cm³/mol. The predicted octanol–water partition coefficient (Wildman–Crippen LogP) is 3.38. The first-order valence-electron chi connectivity index (χ1n) is 6.12. The smallest absolute Gasteiger partial charge is 0.232 e. The molecule has 17 heavy (non-hydrogen) atoms. The van der Waals surface area contributed by atoms with Crippen LogP contribution in [0.1, 0.15) is 38.5 Å². The molecule has 1 saturated carbocycles. The lowest BCUT2D eigenvalue weighted by Crippen LogP contribution is -2.20. The third-order valence-corrected chi connectivity index (χ3v) is 3.64. The summed E-state index contributed by atoms with van der Waals surface area (Å²) in [5.41, 5.74) is 0. The first-order chi connectivity index (χ1) is 8.29. The van der Waals surface area contributed by atoms with Gasteiger partial charge in [-0.1, -0.05) is 25.7 Å². The zero-order valence-corrected chi connectivity index (χ0v) is 11.7. The second-order valence-corrected chi connectivity index (χ2v) is 5.24. The second kappa shape index (κ2) is 6.19. The molecule has 1 heterocycles. The fourth-order valence-corrected chi connectivity index (χ4v) is 2.52. The molecule has 1 aliphatic carbocycles. The number of hydrogen-bond acceptors (Lipinski definition) is 4. The second-order valence-electron chi connectivity index (χ2n) is 4.38. The minimum absolute atomic E-state index is 0.503. The summed E-state index contributed by atoms with van der Waals surface area (Å²) in [5.74, 6) is 1.24. The Balaban J connectivity index is 2.01. The summed E-state index contributed by atoms with van der Waals surface area (Å²) < 4.78 is 5.95. The van der Waals surface area contributed by atoms with Gasteiger partial charge in [-0.25, -0.2) is 4.98 Å². The van der Waals surface area contributed by atoms with E-state index in [1.165, 1.54) is 38.5 Å². The minimum atomic E-state index is 0.503. The number of aromatic nitrogens is 2. The zero-order valence-electron chi connectivity index (χ0n) is 10.1. The number of nitrogens with one attached hydrogen (secondary N) is 1. The summed E-state index contributed by atoms with van der Waals surface area (Å²) >= 11 is 3.35. The van der Waals surface area contributed by atoms with E-state index >= 15 is 0 Å². The Hall–Kier alpha value is -0.840. The van der Waals surface area contributed by atoms with Gasteiger partial charge in [0.25, 0.3) is 0 Å². The van der Waals surface area contributed by atoms with Gasteiger partial charge in [0.15, 0.2) is 0 Å². The fourth-order valence-electron chi connectivity index (χ4n) is 2.17. The molecule has 1 aliphatic rings. The molecule has 5 heteroatoms. The summed E-state index contributed by atoms with van der Waals surface area (Å²) in [7, 11) is 1.61. The van der Waals surface area contributed by atoms with Gasteiger partial charge < -0.3 is 10.1 Å². The van der Waals surface area contributed by atoms with Crippen molar-refractivity contribution in [3.05, 3.63) is 10.7 Å². The number of hydrogen-bond donors (Lipinski definition) is 1. The largest absolute Gasteiger partial charge is 0.480 e. The molecule has 0 saturated heterocycles. The average molecular weight is 300 g/mol. The van der Waals surface area contributed by atoms with E-state index in [0.29, 0.717) is 17.9 Å². The molecule has 0 bridgehead atoms. The minimum Gasteiger partial charge on any atom is -0.480 e. The molecule has 0 atom stereocenters. The number of anilines is 1. The third kappa shape index (κ3) is 3.56. The van der Waals surface area contributed by atoms with E-state index in [4.69, 9.17) is 4.74 Å². The van der Waals surface area contributed by atoms with E-state index in [1.807, 2.05) is 0 Å². The summed E-state index contributed by atoms with van der Waals surface area (Å²) in [6.45, 7) is 0. The Labute approximate surface area is 110 Å². The van der Waals surface area contributed by atoms with E-state index in [1.54, 1.807) is 13.3 Å². The van der Waals surface area contributed by atoms with Crippen LogP contribution in [0.25, 0.3) is 0 Å². The highest BCUT2D eigenvalue weighted by Gasteiger charge is 2.14. The highest BCUT2D eigenvalue weighted by atomic mass is 79.9. The van der Waals surface area contributed by atoms with E-state index in [-0.39, 0.29) is 0 Å². The van der Waals surface area contributed by atoms with Gasteiger partial charge >= 0.3 is 0 Å². The summed E-state index contributed by atoms with van der Waals surface area (Å²) in [6.07, 6.45) is 9.44.